The Bertz CT molecular complexity index is 1050. The van der Waals surface area contributed by atoms with Gasteiger partial charge < -0.3 is 42.6 Å². The van der Waals surface area contributed by atoms with Crippen LogP contribution in [0, 0.1) is 0 Å². The van der Waals surface area contributed by atoms with Crippen molar-refractivity contribution >= 4 is 40.5 Å². The molecule has 13 nitrogen and oxygen atoms in total. The number of aliphatic carboxylic acids is 1. The Morgan fingerprint density at radius 1 is 0.971 bits per heavy atom. The van der Waals surface area contributed by atoms with E-state index in [2.05, 4.69) is 20.9 Å². The monoisotopic (exact) mass is 476 g/mol. The van der Waals surface area contributed by atoms with Crippen molar-refractivity contribution in [2.24, 2.45) is 11.5 Å². The smallest absolute Gasteiger partial charge is 0.328 e. The molecule has 1 aromatic carbocycles. The minimum atomic E-state index is -1.59. The molecule has 10 N–H and O–H groups in total. The van der Waals surface area contributed by atoms with Gasteiger partial charge in [-0.05, 0) is 18.1 Å². The van der Waals surface area contributed by atoms with Crippen molar-refractivity contribution in [3.63, 3.8) is 0 Å². The molecule has 4 amide bonds. The average molecular weight is 476 g/mol. The number of carboxylic acids is 1. The number of carboxylic acid groups (broad SMARTS) is 1. The molecule has 0 aliphatic rings. The van der Waals surface area contributed by atoms with Crippen LogP contribution in [0.2, 0.25) is 0 Å². The third kappa shape index (κ3) is 7.28. The molecule has 13 heteroatoms. The maximum Gasteiger partial charge on any atom is 0.328 e. The molecule has 2 aromatic rings. The second-order valence-corrected chi connectivity index (χ2v) is 7.54. The highest BCUT2D eigenvalue weighted by molar-refractivity contribution is 5.94. The van der Waals surface area contributed by atoms with Gasteiger partial charge in [0, 0.05) is 29.9 Å². The van der Waals surface area contributed by atoms with Gasteiger partial charge >= 0.3 is 5.97 Å². The summed E-state index contributed by atoms with van der Waals surface area (Å²) in [5.74, 6) is -4.46. The quantitative estimate of drug-likeness (QED) is 0.153. The maximum absolute atomic E-state index is 12.9. The van der Waals surface area contributed by atoms with E-state index in [1.165, 1.54) is 0 Å². The molecule has 3 atom stereocenters. The second kappa shape index (κ2) is 12.3. The first-order valence-electron chi connectivity index (χ1n) is 10.4. The minimum absolute atomic E-state index is 0.0350. The van der Waals surface area contributed by atoms with Crippen molar-refractivity contribution < 1.29 is 34.2 Å². The first-order chi connectivity index (χ1) is 16.2. The van der Waals surface area contributed by atoms with Gasteiger partial charge in [-0.15, -0.1) is 0 Å². The largest absolute Gasteiger partial charge is 0.480 e. The van der Waals surface area contributed by atoms with E-state index in [9.17, 15) is 29.1 Å². The van der Waals surface area contributed by atoms with Crippen LogP contribution in [0.5, 0.6) is 0 Å². The van der Waals surface area contributed by atoms with Crippen LogP contribution in [-0.2, 0) is 30.4 Å². The normalized spacial score (nSPS) is 13.5. The Morgan fingerprint density at radius 3 is 2.24 bits per heavy atom. The summed E-state index contributed by atoms with van der Waals surface area (Å²) in [5, 5.41) is 26.2. The summed E-state index contributed by atoms with van der Waals surface area (Å²) in [6.07, 6.45) is 1.27. The highest BCUT2D eigenvalue weighted by Gasteiger charge is 2.30. The predicted molar refractivity (Wildman–Crippen MR) is 120 cm³/mol. The minimum Gasteiger partial charge on any atom is -0.480 e. The zero-order chi connectivity index (χ0) is 25.3. The number of fused-ring (bicyclic) bond motifs is 1. The summed E-state index contributed by atoms with van der Waals surface area (Å²) in [4.78, 5) is 63.0. The lowest BCUT2D eigenvalue weighted by Gasteiger charge is -2.24. The number of aromatic amines is 1. The van der Waals surface area contributed by atoms with Crippen molar-refractivity contribution in [1.82, 2.24) is 20.9 Å². The average Bonchev–Trinajstić information content (AvgIpc) is 3.21. The number of nitrogens with two attached hydrogens (primary N) is 2. The molecule has 1 aromatic heterocycles. The number of H-pyrrole nitrogens is 1. The molecule has 0 fully saturated rings. The Morgan fingerprint density at radius 2 is 1.62 bits per heavy atom. The predicted octanol–water partition coefficient (Wildman–Crippen LogP) is -2.53. The van der Waals surface area contributed by atoms with Gasteiger partial charge in [0.05, 0.1) is 13.2 Å². The molecule has 0 spiro atoms. The van der Waals surface area contributed by atoms with E-state index in [4.69, 9.17) is 16.6 Å². The van der Waals surface area contributed by atoms with Crippen molar-refractivity contribution in [3.05, 3.63) is 36.0 Å². The molecular weight excluding hydrogens is 448 g/mol. The van der Waals surface area contributed by atoms with Crippen LogP contribution < -0.4 is 27.4 Å². The van der Waals surface area contributed by atoms with Gasteiger partial charge in [0.25, 0.3) is 0 Å². The molecule has 0 aliphatic carbocycles. The Kier molecular flexibility index (Phi) is 9.52. The number of para-hydroxylation sites is 1. The first kappa shape index (κ1) is 26.3. The van der Waals surface area contributed by atoms with Crippen LogP contribution in [0.25, 0.3) is 10.9 Å². The summed E-state index contributed by atoms with van der Waals surface area (Å²) in [6.45, 7) is -1.26. The number of aromatic nitrogens is 1. The fraction of sp³-hybridized carbons (Fsp3) is 0.381. The number of benzene rings is 1. The van der Waals surface area contributed by atoms with E-state index in [0.717, 1.165) is 10.9 Å². The van der Waals surface area contributed by atoms with Gasteiger partial charge in [-0.1, -0.05) is 18.2 Å². The second-order valence-electron chi connectivity index (χ2n) is 7.54. The van der Waals surface area contributed by atoms with Gasteiger partial charge in [0.15, 0.2) is 0 Å². The number of hydrogen-bond acceptors (Lipinski definition) is 7. The van der Waals surface area contributed by atoms with Crippen LogP contribution in [0.3, 0.4) is 0 Å². The third-order valence-electron chi connectivity index (χ3n) is 5.05. The first-order valence-corrected chi connectivity index (χ1v) is 10.4. The molecule has 34 heavy (non-hydrogen) atoms. The summed E-state index contributed by atoms with van der Waals surface area (Å²) >= 11 is 0. The van der Waals surface area contributed by atoms with Crippen molar-refractivity contribution in [2.45, 2.75) is 37.4 Å². The molecule has 0 bridgehead atoms. The molecule has 0 radical (unpaired) electrons. The van der Waals surface area contributed by atoms with E-state index in [1.807, 2.05) is 18.2 Å². The molecule has 1 heterocycles. The molecule has 0 aliphatic heterocycles. The van der Waals surface area contributed by atoms with Crippen LogP contribution in [0.15, 0.2) is 30.5 Å². The fourth-order valence-corrected chi connectivity index (χ4v) is 3.27. The topological polar surface area (TPSA) is 230 Å². The van der Waals surface area contributed by atoms with E-state index < -0.39 is 60.9 Å². The van der Waals surface area contributed by atoms with Crippen molar-refractivity contribution in [3.8, 4) is 0 Å². The number of aliphatic hydroxyl groups is 1. The molecular formula is C21H28N6O7. The zero-order valence-corrected chi connectivity index (χ0v) is 18.2. The summed E-state index contributed by atoms with van der Waals surface area (Å²) < 4.78 is 0. The van der Waals surface area contributed by atoms with Crippen molar-refractivity contribution in [1.29, 1.82) is 0 Å². The standard InChI is InChI=1S/C21H28N6O7/c22-8-18(30)25-14(5-6-17(23)29)19(31)26-15(20(32)27-16(10-28)21(33)34)7-11-9-24-13-4-2-1-3-12(11)13/h1-4,9,14-16,24,28H,5-8,10,22H2,(H2,23,29)(H,25,30)(H,26,31)(H,27,32)(H,33,34). The lowest BCUT2D eigenvalue weighted by Crippen LogP contribution is -2.57. The maximum atomic E-state index is 12.9. The van der Waals surface area contributed by atoms with Gasteiger partial charge in [0.1, 0.15) is 18.1 Å². The van der Waals surface area contributed by atoms with E-state index in [-0.39, 0.29) is 19.3 Å². The van der Waals surface area contributed by atoms with Crippen LogP contribution in [0.1, 0.15) is 18.4 Å². The number of primary amides is 1. The molecule has 3 unspecified atom stereocenters. The van der Waals surface area contributed by atoms with Crippen molar-refractivity contribution in [2.75, 3.05) is 13.2 Å². The summed E-state index contributed by atoms with van der Waals surface area (Å²) in [6, 6.07) is 3.17. The number of rotatable bonds is 13. The van der Waals surface area contributed by atoms with Crippen LogP contribution in [-0.4, -0.2) is 76.1 Å². The van der Waals surface area contributed by atoms with Gasteiger partial charge in [0.2, 0.25) is 23.6 Å². The fourth-order valence-electron chi connectivity index (χ4n) is 3.27. The Labute approximate surface area is 194 Å². The highest BCUT2D eigenvalue weighted by atomic mass is 16.4. The number of aliphatic hydroxyl groups excluding tert-OH is 1. The SMILES string of the molecule is NCC(=O)NC(CCC(N)=O)C(=O)NC(Cc1c[nH]c2ccccc12)C(=O)NC(CO)C(=O)O. The summed E-state index contributed by atoms with van der Waals surface area (Å²) in [7, 11) is 0. The van der Waals surface area contributed by atoms with Gasteiger partial charge in [-0.3, -0.25) is 19.2 Å². The molecule has 2 rings (SSSR count). The molecule has 0 saturated heterocycles. The zero-order valence-electron chi connectivity index (χ0n) is 18.2. The number of carbonyl (C=O) groups is 5. The van der Waals surface area contributed by atoms with Gasteiger partial charge in [-0.2, -0.15) is 0 Å². The number of hydrogen-bond donors (Lipinski definition) is 8. The van der Waals surface area contributed by atoms with E-state index >= 15 is 0 Å². The Balaban J connectivity index is 2.29. The van der Waals surface area contributed by atoms with E-state index in [0.29, 0.717) is 5.56 Å². The number of nitrogens with one attached hydrogen (secondary N) is 4. The van der Waals surface area contributed by atoms with Crippen LogP contribution >= 0.6 is 0 Å². The Hall–Kier alpha value is -3.97. The number of carbonyl (C=O) groups excluding carboxylic acids is 4. The van der Waals surface area contributed by atoms with Gasteiger partial charge in [-0.25, -0.2) is 4.79 Å². The number of amides is 4. The molecule has 0 saturated carbocycles. The lowest BCUT2D eigenvalue weighted by atomic mass is 10.0. The van der Waals surface area contributed by atoms with Crippen LogP contribution in [0.4, 0.5) is 0 Å². The highest BCUT2D eigenvalue weighted by Crippen LogP contribution is 2.19. The lowest BCUT2D eigenvalue weighted by molar-refractivity contribution is -0.143. The molecule has 184 valence electrons. The third-order valence-corrected chi connectivity index (χ3v) is 5.05. The van der Waals surface area contributed by atoms with E-state index in [1.54, 1.807) is 12.3 Å². The summed E-state index contributed by atoms with van der Waals surface area (Å²) in [5.41, 5.74) is 11.9.